The highest BCUT2D eigenvalue weighted by molar-refractivity contribution is 6.05. The third-order valence-electron chi connectivity index (χ3n) is 4.35. The van der Waals surface area contributed by atoms with E-state index in [2.05, 4.69) is 24.5 Å². The van der Waals surface area contributed by atoms with E-state index in [1.807, 2.05) is 44.4 Å². The van der Waals surface area contributed by atoms with Crippen LogP contribution in [0.4, 0.5) is 0 Å². The van der Waals surface area contributed by atoms with Crippen LogP contribution >= 0.6 is 0 Å². The molecule has 0 spiro atoms. The fourth-order valence-electron chi connectivity index (χ4n) is 2.61. The first-order valence-electron chi connectivity index (χ1n) is 9.62. The number of likely N-dealkylation sites (N-methyl/N-ethyl adjacent to an activating group) is 1. The van der Waals surface area contributed by atoms with Gasteiger partial charge in [-0.2, -0.15) is 0 Å². The molecule has 0 aliphatic carbocycles. The molecule has 2 rings (SSSR count). The lowest BCUT2D eigenvalue weighted by Crippen LogP contribution is -3.06. The predicted octanol–water partition coefficient (Wildman–Crippen LogP) is 1.84. The third kappa shape index (κ3) is 6.67. The molecule has 0 saturated carbocycles. The van der Waals surface area contributed by atoms with Gasteiger partial charge >= 0.3 is 0 Å². The lowest BCUT2D eigenvalue weighted by Gasteiger charge is -2.13. The molecule has 0 radical (unpaired) electrons. The van der Waals surface area contributed by atoms with Crippen molar-refractivity contribution in [3.05, 3.63) is 77.0 Å². The van der Waals surface area contributed by atoms with Gasteiger partial charge < -0.3 is 15.5 Å². The number of amides is 2. The molecule has 0 atom stereocenters. The molecule has 2 amide bonds. The summed E-state index contributed by atoms with van der Waals surface area (Å²) in [5, 5.41) is 5.64. The van der Waals surface area contributed by atoms with Crippen LogP contribution in [0.5, 0.6) is 0 Å². The lowest BCUT2D eigenvalue weighted by atomic mass is 10.0. The van der Waals surface area contributed by atoms with Crippen molar-refractivity contribution in [3.63, 3.8) is 0 Å². The molecular weight excluding hydrogens is 350 g/mol. The maximum Gasteiger partial charge on any atom is 0.268 e. The first kappa shape index (κ1) is 21.4. The Morgan fingerprint density at radius 3 is 2.21 bits per heavy atom. The Morgan fingerprint density at radius 1 is 1.00 bits per heavy atom. The number of benzene rings is 2. The van der Waals surface area contributed by atoms with Crippen LogP contribution in [0.1, 0.15) is 41.3 Å². The molecule has 0 bridgehead atoms. The molecule has 5 heteroatoms. The molecular formula is C23H30N3O2+. The minimum absolute atomic E-state index is 0.236. The van der Waals surface area contributed by atoms with E-state index in [0.717, 1.165) is 12.1 Å². The third-order valence-corrected chi connectivity index (χ3v) is 4.35. The van der Waals surface area contributed by atoms with E-state index >= 15 is 0 Å². The highest BCUT2D eigenvalue weighted by atomic mass is 16.2. The van der Waals surface area contributed by atoms with E-state index in [4.69, 9.17) is 0 Å². The van der Waals surface area contributed by atoms with E-state index in [1.165, 1.54) is 10.5 Å². The largest absolute Gasteiger partial charge is 0.345 e. The number of quaternary nitrogens is 1. The number of hydrogen-bond acceptors (Lipinski definition) is 2. The standard InChI is InChI=1S/C23H29N3O2/c1-17(2)19-12-10-18(11-13-19)16-21(23(28)24-14-15-26(3)4)25-22(27)20-8-6-5-7-9-20/h5-13,16-17H,14-15H2,1-4H3,(H,24,28)(H,25,27)/p+1/b21-16-. The van der Waals surface area contributed by atoms with Gasteiger partial charge in [-0.05, 0) is 35.3 Å². The van der Waals surface area contributed by atoms with E-state index in [-0.39, 0.29) is 17.5 Å². The Morgan fingerprint density at radius 2 is 1.64 bits per heavy atom. The first-order chi connectivity index (χ1) is 13.4. The molecule has 0 saturated heterocycles. The van der Waals surface area contributed by atoms with Crippen LogP contribution in [-0.2, 0) is 4.79 Å². The smallest absolute Gasteiger partial charge is 0.268 e. The second kappa shape index (κ2) is 10.4. The van der Waals surface area contributed by atoms with E-state index in [0.29, 0.717) is 18.0 Å². The van der Waals surface area contributed by atoms with Crippen molar-refractivity contribution in [2.75, 3.05) is 27.2 Å². The molecule has 2 aromatic carbocycles. The van der Waals surface area contributed by atoms with Gasteiger partial charge in [-0.15, -0.1) is 0 Å². The van der Waals surface area contributed by atoms with Gasteiger partial charge in [0.2, 0.25) is 0 Å². The fraction of sp³-hybridized carbons (Fsp3) is 0.304. The summed E-state index contributed by atoms with van der Waals surface area (Å²) in [6.07, 6.45) is 1.71. The molecule has 3 N–H and O–H groups in total. The average molecular weight is 381 g/mol. The summed E-state index contributed by atoms with van der Waals surface area (Å²) < 4.78 is 0. The van der Waals surface area contributed by atoms with E-state index in [9.17, 15) is 9.59 Å². The summed E-state index contributed by atoms with van der Waals surface area (Å²) >= 11 is 0. The summed E-state index contributed by atoms with van der Waals surface area (Å²) in [5.41, 5.74) is 2.83. The van der Waals surface area contributed by atoms with Crippen molar-refractivity contribution < 1.29 is 14.5 Å². The van der Waals surface area contributed by atoms with Crippen molar-refractivity contribution in [3.8, 4) is 0 Å². The number of nitrogens with one attached hydrogen (secondary N) is 3. The Bertz CT molecular complexity index is 810. The summed E-state index contributed by atoms with van der Waals surface area (Å²) in [4.78, 5) is 26.4. The molecule has 0 aromatic heterocycles. The zero-order valence-corrected chi connectivity index (χ0v) is 17.1. The molecule has 0 heterocycles. The topological polar surface area (TPSA) is 62.6 Å². The van der Waals surface area contributed by atoms with Crippen LogP contribution in [0.3, 0.4) is 0 Å². The summed E-state index contributed by atoms with van der Waals surface area (Å²) in [6.45, 7) is 5.60. The van der Waals surface area contributed by atoms with Gasteiger partial charge in [-0.1, -0.05) is 56.3 Å². The normalized spacial score (nSPS) is 11.6. The Kier molecular flexibility index (Phi) is 7.96. The maximum atomic E-state index is 12.7. The quantitative estimate of drug-likeness (QED) is 0.612. The van der Waals surface area contributed by atoms with Crippen LogP contribution in [0.2, 0.25) is 0 Å². The van der Waals surface area contributed by atoms with Crippen LogP contribution in [0.15, 0.2) is 60.3 Å². The number of rotatable bonds is 8. The number of hydrogen-bond donors (Lipinski definition) is 3. The molecule has 0 unspecified atom stereocenters. The summed E-state index contributed by atoms with van der Waals surface area (Å²) in [6, 6.07) is 16.9. The zero-order chi connectivity index (χ0) is 20.5. The molecule has 0 aliphatic heterocycles. The number of carbonyl (C=O) groups is 2. The molecule has 0 fully saturated rings. The highest BCUT2D eigenvalue weighted by Crippen LogP contribution is 2.16. The summed E-state index contributed by atoms with van der Waals surface area (Å²) in [5.74, 6) is -0.162. The fourth-order valence-corrected chi connectivity index (χ4v) is 2.61. The van der Waals surface area contributed by atoms with Gasteiger partial charge in [0.25, 0.3) is 11.8 Å². The van der Waals surface area contributed by atoms with Crippen molar-refractivity contribution in [2.24, 2.45) is 0 Å². The number of carbonyl (C=O) groups excluding carboxylic acids is 2. The van der Waals surface area contributed by atoms with E-state index in [1.54, 1.807) is 30.3 Å². The average Bonchev–Trinajstić information content (AvgIpc) is 2.68. The second-order valence-corrected chi connectivity index (χ2v) is 7.41. The van der Waals surface area contributed by atoms with Crippen molar-refractivity contribution in [1.82, 2.24) is 10.6 Å². The first-order valence-corrected chi connectivity index (χ1v) is 9.62. The molecule has 28 heavy (non-hydrogen) atoms. The SMILES string of the molecule is CC(C)c1ccc(/C=C(\NC(=O)c2ccccc2)C(=O)NCC[NH+](C)C)cc1. The van der Waals surface area contributed by atoms with Crippen LogP contribution in [-0.4, -0.2) is 39.0 Å². The van der Waals surface area contributed by atoms with Gasteiger partial charge in [-0.25, -0.2) is 0 Å². The Hall–Kier alpha value is -2.92. The van der Waals surface area contributed by atoms with Gasteiger partial charge in [0, 0.05) is 5.56 Å². The lowest BCUT2D eigenvalue weighted by molar-refractivity contribution is -0.856. The Labute approximate surface area is 167 Å². The Balaban J connectivity index is 2.21. The van der Waals surface area contributed by atoms with E-state index < -0.39 is 0 Å². The molecule has 5 nitrogen and oxygen atoms in total. The minimum atomic E-state index is -0.306. The zero-order valence-electron chi connectivity index (χ0n) is 17.1. The molecule has 148 valence electrons. The van der Waals surface area contributed by atoms with Gasteiger partial charge in [-0.3, -0.25) is 9.59 Å². The molecule has 2 aromatic rings. The van der Waals surface area contributed by atoms with Crippen molar-refractivity contribution in [1.29, 1.82) is 0 Å². The predicted molar refractivity (Wildman–Crippen MR) is 113 cm³/mol. The maximum absolute atomic E-state index is 12.7. The van der Waals surface area contributed by atoms with Gasteiger partial charge in [0.1, 0.15) is 5.70 Å². The van der Waals surface area contributed by atoms with Crippen molar-refractivity contribution >= 4 is 17.9 Å². The summed E-state index contributed by atoms with van der Waals surface area (Å²) in [7, 11) is 4.05. The second-order valence-electron chi connectivity index (χ2n) is 7.41. The van der Waals surface area contributed by atoms with Gasteiger partial charge in [0.05, 0.1) is 27.2 Å². The minimum Gasteiger partial charge on any atom is -0.345 e. The van der Waals surface area contributed by atoms with Crippen LogP contribution < -0.4 is 15.5 Å². The van der Waals surface area contributed by atoms with Crippen molar-refractivity contribution in [2.45, 2.75) is 19.8 Å². The van der Waals surface area contributed by atoms with Crippen LogP contribution in [0.25, 0.3) is 6.08 Å². The van der Waals surface area contributed by atoms with Crippen LogP contribution in [0, 0.1) is 0 Å². The molecule has 0 aliphatic rings. The monoisotopic (exact) mass is 380 g/mol. The highest BCUT2D eigenvalue weighted by Gasteiger charge is 2.14. The van der Waals surface area contributed by atoms with Gasteiger partial charge in [0.15, 0.2) is 0 Å².